The maximum Gasteiger partial charge on any atom is 0.304 e. The summed E-state index contributed by atoms with van der Waals surface area (Å²) < 4.78 is 13.5. The first-order valence-corrected chi connectivity index (χ1v) is 7.22. The average Bonchev–Trinajstić information content (AvgIpc) is 2.84. The molecule has 0 aliphatic heterocycles. The van der Waals surface area contributed by atoms with Crippen molar-refractivity contribution in [3.8, 4) is 0 Å². The third kappa shape index (κ3) is 3.75. The molecule has 0 amide bonds. The van der Waals surface area contributed by atoms with Crippen LogP contribution in [-0.2, 0) is 12.0 Å². The molecule has 0 atom stereocenters. The molecule has 2 rings (SSSR count). The predicted molar refractivity (Wildman–Crippen MR) is 81.2 cm³/mol. The number of hydrogen-bond donors (Lipinski definition) is 1. The fourth-order valence-electron chi connectivity index (χ4n) is 1.69. The van der Waals surface area contributed by atoms with E-state index in [0.29, 0.717) is 12.2 Å². The minimum Gasteiger partial charge on any atom is -0.380 e. The molecular formula is C14H16FN3O2S. The van der Waals surface area contributed by atoms with Gasteiger partial charge in [-0.25, -0.2) is 4.98 Å². The van der Waals surface area contributed by atoms with Crippen molar-refractivity contribution >= 4 is 22.7 Å². The van der Waals surface area contributed by atoms with Gasteiger partial charge in [-0.15, -0.1) is 11.3 Å². The number of nitrogens with zero attached hydrogens (tertiary/aromatic N) is 2. The van der Waals surface area contributed by atoms with E-state index < -0.39 is 16.4 Å². The lowest BCUT2D eigenvalue weighted by molar-refractivity contribution is -0.387. The van der Waals surface area contributed by atoms with Crippen LogP contribution in [0.4, 0.5) is 15.8 Å². The molecule has 0 radical (unpaired) electrons. The van der Waals surface area contributed by atoms with E-state index in [1.807, 2.05) is 0 Å². The summed E-state index contributed by atoms with van der Waals surface area (Å²) in [5.41, 5.74) is -0.0141. The smallest absolute Gasteiger partial charge is 0.304 e. The van der Waals surface area contributed by atoms with E-state index in [0.717, 1.165) is 22.0 Å². The van der Waals surface area contributed by atoms with Crippen LogP contribution in [0.5, 0.6) is 0 Å². The number of nitrogens with one attached hydrogen (secondary N) is 1. The Balaban J connectivity index is 2.05. The summed E-state index contributed by atoms with van der Waals surface area (Å²) >= 11 is 1.60. The van der Waals surface area contributed by atoms with Gasteiger partial charge in [-0.2, -0.15) is 4.39 Å². The number of thiazole rings is 1. The topological polar surface area (TPSA) is 68.1 Å². The molecule has 21 heavy (non-hydrogen) atoms. The van der Waals surface area contributed by atoms with Crippen molar-refractivity contribution in [1.29, 1.82) is 0 Å². The molecule has 0 fully saturated rings. The Morgan fingerprint density at radius 1 is 1.43 bits per heavy atom. The van der Waals surface area contributed by atoms with Crippen molar-refractivity contribution in [2.24, 2.45) is 0 Å². The van der Waals surface area contributed by atoms with E-state index in [1.165, 1.54) is 6.07 Å². The summed E-state index contributed by atoms with van der Waals surface area (Å²) in [6.45, 7) is 6.78. The maximum atomic E-state index is 13.5. The van der Waals surface area contributed by atoms with Gasteiger partial charge in [0.1, 0.15) is 0 Å². The van der Waals surface area contributed by atoms with Crippen molar-refractivity contribution in [3.63, 3.8) is 0 Å². The van der Waals surface area contributed by atoms with Crippen LogP contribution in [0.2, 0.25) is 0 Å². The molecule has 0 aliphatic carbocycles. The van der Waals surface area contributed by atoms with Gasteiger partial charge in [-0.3, -0.25) is 10.1 Å². The predicted octanol–water partition coefficient (Wildman–Crippen LogP) is 4.10. The van der Waals surface area contributed by atoms with Gasteiger partial charge in [-0.05, 0) is 6.07 Å². The Bertz CT molecular complexity index is 664. The van der Waals surface area contributed by atoms with Gasteiger partial charge < -0.3 is 5.32 Å². The van der Waals surface area contributed by atoms with E-state index in [2.05, 4.69) is 31.1 Å². The van der Waals surface area contributed by atoms with Crippen molar-refractivity contribution in [2.45, 2.75) is 32.7 Å². The number of halogens is 1. The van der Waals surface area contributed by atoms with Gasteiger partial charge in [0.25, 0.3) is 0 Å². The first-order valence-electron chi connectivity index (χ1n) is 6.40. The van der Waals surface area contributed by atoms with Crippen LogP contribution < -0.4 is 5.32 Å². The lowest BCUT2D eigenvalue weighted by Crippen LogP contribution is -2.09. The molecule has 1 N–H and O–H groups in total. The minimum absolute atomic E-state index is 0.00236. The number of anilines is 1. The monoisotopic (exact) mass is 309 g/mol. The number of benzene rings is 1. The van der Waals surface area contributed by atoms with Crippen LogP contribution in [0.1, 0.15) is 30.7 Å². The lowest BCUT2D eigenvalue weighted by Gasteiger charge is -2.13. The third-order valence-corrected chi connectivity index (χ3v) is 4.23. The molecule has 1 aromatic heterocycles. The highest BCUT2D eigenvalue weighted by atomic mass is 32.1. The molecule has 0 unspecified atom stereocenters. The Kier molecular flexibility index (Phi) is 4.22. The number of nitro benzene ring substituents is 1. The Morgan fingerprint density at radius 2 is 2.14 bits per heavy atom. The molecule has 0 saturated heterocycles. The minimum atomic E-state index is -0.843. The SMILES string of the molecule is CC(C)(C)c1ncc(CNc2ccc([N+](=O)[O-])c(F)c2)s1. The van der Waals surface area contributed by atoms with Crippen LogP contribution in [0.3, 0.4) is 0 Å². The van der Waals surface area contributed by atoms with E-state index in [9.17, 15) is 14.5 Å². The van der Waals surface area contributed by atoms with Crippen molar-refractivity contribution < 1.29 is 9.31 Å². The molecule has 0 spiro atoms. The average molecular weight is 309 g/mol. The van der Waals surface area contributed by atoms with Gasteiger partial charge >= 0.3 is 5.69 Å². The summed E-state index contributed by atoms with van der Waals surface area (Å²) in [5, 5.41) is 14.6. The molecule has 112 valence electrons. The first-order chi connectivity index (χ1) is 9.77. The number of rotatable bonds is 4. The highest BCUT2D eigenvalue weighted by Crippen LogP contribution is 2.27. The van der Waals surface area contributed by atoms with Gasteiger partial charge in [0.05, 0.1) is 16.5 Å². The first kappa shape index (κ1) is 15.4. The second-order valence-corrected chi connectivity index (χ2v) is 6.77. The number of nitro groups is 1. The fraction of sp³-hybridized carbons (Fsp3) is 0.357. The number of hydrogen-bond acceptors (Lipinski definition) is 5. The zero-order valence-corrected chi connectivity index (χ0v) is 12.8. The van der Waals surface area contributed by atoms with E-state index >= 15 is 0 Å². The molecule has 7 heteroatoms. The van der Waals surface area contributed by atoms with Crippen LogP contribution >= 0.6 is 11.3 Å². The summed E-state index contributed by atoms with van der Waals surface area (Å²) in [4.78, 5) is 15.2. The fourth-order valence-corrected chi connectivity index (χ4v) is 2.60. The summed E-state index contributed by atoms with van der Waals surface area (Å²) in [7, 11) is 0. The second kappa shape index (κ2) is 5.77. The normalized spacial score (nSPS) is 11.4. The molecule has 5 nitrogen and oxygen atoms in total. The Hall–Kier alpha value is -2.02. The van der Waals surface area contributed by atoms with Crippen LogP contribution in [0.25, 0.3) is 0 Å². The zero-order chi connectivity index (χ0) is 15.6. The maximum absolute atomic E-state index is 13.5. The highest BCUT2D eigenvalue weighted by Gasteiger charge is 2.18. The molecule has 2 aromatic rings. The zero-order valence-electron chi connectivity index (χ0n) is 12.0. The largest absolute Gasteiger partial charge is 0.380 e. The van der Waals surface area contributed by atoms with Crippen LogP contribution in [0, 0.1) is 15.9 Å². The molecule has 0 bridgehead atoms. The van der Waals surface area contributed by atoms with Gasteiger partial charge in [0, 0.05) is 34.3 Å². The third-order valence-electron chi connectivity index (χ3n) is 2.81. The van der Waals surface area contributed by atoms with Crippen molar-refractivity contribution in [3.05, 3.63) is 50.2 Å². The molecule has 0 saturated carbocycles. The van der Waals surface area contributed by atoms with Crippen molar-refractivity contribution in [2.75, 3.05) is 5.32 Å². The van der Waals surface area contributed by atoms with Crippen LogP contribution in [0.15, 0.2) is 24.4 Å². The van der Waals surface area contributed by atoms with Gasteiger partial charge in [-0.1, -0.05) is 20.8 Å². The molecule has 1 heterocycles. The number of aromatic nitrogens is 1. The molecular weight excluding hydrogens is 293 g/mol. The van der Waals surface area contributed by atoms with Gasteiger partial charge in [0.15, 0.2) is 0 Å². The standard InChI is InChI=1S/C14H16FN3O2S/c1-14(2,3)13-17-8-10(21-13)7-16-9-4-5-12(18(19)20)11(15)6-9/h4-6,8,16H,7H2,1-3H3. The van der Waals surface area contributed by atoms with E-state index in [-0.39, 0.29) is 5.41 Å². The Labute approximate surface area is 126 Å². The second-order valence-electron chi connectivity index (χ2n) is 5.66. The van der Waals surface area contributed by atoms with Crippen LogP contribution in [-0.4, -0.2) is 9.91 Å². The Morgan fingerprint density at radius 3 is 2.67 bits per heavy atom. The highest BCUT2D eigenvalue weighted by molar-refractivity contribution is 7.11. The summed E-state index contributed by atoms with van der Waals surface area (Å²) in [5.74, 6) is -0.843. The quantitative estimate of drug-likeness (QED) is 0.682. The molecule has 0 aliphatic rings. The van der Waals surface area contributed by atoms with Crippen molar-refractivity contribution in [1.82, 2.24) is 4.98 Å². The lowest BCUT2D eigenvalue weighted by atomic mass is 9.98. The van der Waals surface area contributed by atoms with Gasteiger partial charge in [0.2, 0.25) is 5.82 Å². The van der Waals surface area contributed by atoms with E-state index in [1.54, 1.807) is 17.5 Å². The summed E-state index contributed by atoms with van der Waals surface area (Å²) in [6, 6.07) is 3.78. The molecule has 1 aromatic carbocycles. The summed E-state index contributed by atoms with van der Waals surface area (Å²) in [6.07, 6.45) is 1.79. The van der Waals surface area contributed by atoms with E-state index in [4.69, 9.17) is 0 Å².